The van der Waals surface area contributed by atoms with Crippen LogP contribution in [0.4, 0.5) is 5.69 Å². The summed E-state index contributed by atoms with van der Waals surface area (Å²) in [6.45, 7) is 0.973. The average molecular weight is 359 g/mol. The Labute approximate surface area is 150 Å². The van der Waals surface area contributed by atoms with Gasteiger partial charge >= 0.3 is 0 Å². The Hall–Kier alpha value is -2.34. The number of benzene rings is 2. The number of fused-ring (bicyclic) bond motifs is 1. The lowest BCUT2D eigenvalue weighted by atomic mass is 10.2. The Morgan fingerprint density at radius 3 is 2.60 bits per heavy atom. The molecule has 1 amide bonds. The molecule has 0 saturated carbocycles. The maximum Gasteiger partial charge on any atom is 0.239 e. The summed E-state index contributed by atoms with van der Waals surface area (Å²) < 4.78 is 22.8. The van der Waals surface area contributed by atoms with E-state index < -0.39 is 10.8 Å². The summed E-state index contributed by atoms with van der Waals surface area (Å²) in [6.07, 6.45) is 0.856. The summed E-state index contributed by atoms with van der Waals surface area (Å²) in [4.78, 5) is 14.1. The predicted octanol–water partition coefficient (Wildman–Crippen LogP) is 2.41. The molecule has 0 saturated heterocycles. The number of carbonyl (C=O) groups excluding carboxylic acids is 1. The van der Waals surface area contributed by atoms with Crippen LogP contribution in [0.15, 0.2) is 48.5 Å². The van der Waals surface area contributed by atoms with Crippen LogP contribution in [0.2, 0.25) is 0 Å². The van der Waals surface area contributed by atoms with Gasteiger partial charge in [-0.15, -0.1) is 0 Å². The smallest absolute Gasteiger partial charge is 0.239 e. The Kier molecular flexibility index (Phi) is 5.71. The number of hydrogen-bond acceptors (Lipinski definition) is 4. The molecular weight excluding hydrogens is 338 g/mol. The van der Waals surface area contributed by atoms with Crippen molar-refractivity contribution in [1.82, 2.24) is 0 Å². The largest absolute Gasteiger partial charge is 0.497 e. The predicted molar refractivity (Wildman–Crippen MR) is 98.9 cm³/mol. The number of nitrogens with zero attached hydrogens (tertiary/aromatic N) is 1. The number of rotatable bonds is 7. The number of anilines is 1. The van der Waals surface area contributed by atoms with Crippen molar-refractivity contribution in [3.8, 4) is 11.5 Å². The first-order valence-corrected chi connectivity index (χ1v) is 9.66. The van der Waals surface area contributed by atoms with Crippen LogP contribution >= 0.6 is 0 Å². The molecule has 0 fully saturated rings. The zero-order chi connectivity index (χ0) is 17.6. The molecule has 25 heavy (non-hydrogen) atoms. The van der Waals surface area contributed by atoms with Crippen LogP contribution in [0.1, 0.15) is 5.56 Å². The van der Waals surface area contributed by atoms with Crippen molar-refractivity contribution in [3.63, 3.8) is 0 Å². The lowest BCUT2D eigenvalue weighted by Gasteiger charge is -2.17. The molecule has 1 heterocycles. The van der Waals surface area contributed by atoms with Crippen LogP contribution < -0.4 is 14.4 Å². The van der Waals surface area contributed by atoms with E-state index in [1.54, 1.807) is 36.3 Å². The number of carbonyl (C=O) groups is 1. The first-order valence-electron chi connectivity index (χ1n) is 8.17. The van der Waals surface area contributed by atoms with Crippen molar-refractivity contribution >= 4 is 22.4 Å². The zero-order valence-electron chi connectivity index (χ0n) is 14.1. The van der Waals surface area contributed by atoms with Gasteiger partial charge in [0.2, 0.25) is 5.91 Å². The second-order valence-corrected chi connectivity index (χ2v) is 7.31. The molecule has 0 bridgehead atoms. The van der Waals surface area contributed by atoms with Gasteiger partial charge in [-0.25, -0.2) is 0 Å². The van der Waals surface area contributed by atoms with E-state index in [9.17, 15) is 9.00 Å². The molecule has 6 heteroatoms. The lowest BCUT2D eigenvalue weighted by Crippen LogP contribution is -2.33. The summed E-state index contributed by atoms with van der Waals surface area (Å²) >= 11 is 0. The molecule has 0 radical (unpaired) electrons. The zero-order valence-corrected chi connectivity index (χ0v) is 15.0. The van der Waals surface area contributed by atoms with Crippen LogP contribution in [0.3, 0.4) is 0 Å². The van der Waals surface area contributed by atoms with Crippen LogP contribution in [-0.4, -0.2) is 41.9 Å². The normalized spacial score (nSPS) is 14.0. The Bertz CT molecular complexity index is 760. The fourth-order valence-corrected chi connectivity index (χ4v) is 3.65. The van der Waals surface area contributed by atoms with E-state index in [1.165, 1.54) is 5.56 Å². The van der Waals surface area contributed by atoms with E-state index in [-0.39, 0.29) is 11.7 Å². The van der Waals surface area contributed by atoms with Crippen molar-refractivity contribution in [1.29, 1.82) is 0 Å². The SMILES string of the molecule is COc1ccc(OCCS(=O)CC(=O)N2CCc3ccccc32)cc1. The fraction of sp³-hybridized carbons (Fsp3) is 0.316. The molecule has 0 aromatic heterocycles. The van der Waals surface area contributed by atoms with Gasteiger partial charge in [-0.2, -0.15) is 0 Å². The molecule has 2 aromatic carbocycles. The van der Waals surface area contributed by atoms with Crippen LogP contribution in [0.5, 0.6) is 11.5 Å². The summed E-state index contributed by atoms with van der Waals surface area (Å²) in [5, 5.41) is 0. The van der Waals surface area contributed by atoms with E-state index in [0.29, 0.717) is 24.7 Å². The Balaban J connectivity index is 1.45. The molecule has 3 rings (SSSR count). The first kappa shape index (κ1) is 17.5. The summed E-state index contributed by atoms with van der Waals surface area (Å²) in [5.41, 5.74) is 2.11. The molecule has 5 nitrogen and oxygen atoms in total. The van der Waals surface area contributed by atoms with E-state index in [4.69, 9.17) is 9.47 Å². The van der Waals surface area contributed by atoms with E-state index in [0.717, 1.165) is 17.9 Å². The second-order valence-electron chi connectivity index (χ2n) is 5.74. The minimum Gasteiger partial charge on any atom is -0.497 e. The second kappa shape index (κ2) is 8.16. The van der Waals surface area contributed by atoms with E-state index in [2.05, 4.69) is 0 Å². The summed E-state index contributed by atoms with van der Waals surface area (Å²) in [6, 6.07) is 15.1. The van der Waals surface area contributed by atoms with Crippen molar-refractivity contribution in [2.24, 2.45) is 0 Å². The maximum atomic E-state index is 12.4. The molecular formula is C19H21NO4S. The quantitative estimate of drug-likeness (QED) is 0.762. The van der Waals surface area contributed by atoms with E-state index >= 15 is 0 Å². The molecule has 132 valence electrons. The molecule has 1 aliphatic heterocycles. The van der Waals surface area contributed by atoms with Gasteiger partial charge in [0, 0.05) is 23.0 Å². The van der Waals surface area contributed by atoms with Crippen LogP contribution in [-0.2, 0) is 22.0 Å². The van der Waals surface area contributed by atoms with E-state index in [1.807, 2.05) is 24.3 Å². The Morgan fingerprint density at radius 2 is 1.84 bits per heavy atom. The van der Waals surface area contributed by atoms with Gasteiger partial charge in [0.05, 0.1) is 19.5 Å². The van der Waals surface area contributed by atoms with Gasteiger partial charge in [-0.1, -0.05) is 18.2 Å². The van der Waals surface area contributed by atoms with Gasteiger partial charge in [0.15, 0.2) is 0 Å². The molecule has 1 atom stereocenters. The van der Waals surface area contributed by atoms with Crippen molar-refractivity contribution in [2.45, 2.75) is 6.42 Å². The number of amides is 1. The molecule has 1 aliphatic rings. The van der Waals surface area contributed by atoms with Gasteiger partial charge in [-0.05, 0) is 42.3 Å². The van der Waals surface area contributed by atoms with Gasteiger partial charge in [0.1, 0.15) is 17.3 Å². The summed E-state index contributed by atoms with van der Waals surface area (Å²) in [7, 11) is 0.362. The monoisotopic (exact) mass is 359 g/mol. The highest BCUT2D eigenvalue weighted by molar-refractivity contribution is 7.85. The Morgan fingerprint density at radius 1 is 1.12 bits per heavy atom. The molecule has 0 spiro atoms. The van der Waals surface area contributed by atoms with Crippen LogP contribution in [0, 0.1) is 0 Å². The molecule has 1 unspecified atom stereocenters. The topological polar surface area (TPSA) is 55.8 Å². The molecule has 0 aliphatic carbocycles. The van der Waals surface area contributed by atoms with Gasteiger partial charge in [0.25, 0.3) is 0 Å². The minimum atomic E-state index is -1.24. The third-order valence-electron chi connectivity index (χ3n) is 4.11. The maximum absolute atomic E-state index is 12.4. The van der Waals surface area contributed by atoms with Gasteiger partial charge < -0.3 is 14.4 Å². The molecule has 0 N–H and O–H groups in total. The number of ether oxygens (including phenoxy) is 2. The first-order chi connectivity index (χ1) is 12.2. The number of methoxy groups -OCH3 is 1. The highest BCUT2D eigenvalue weighted by Gasteiger charge is 2.25. The highest BCUT2D eigenvalue weighted by Crippen LogP contribution is 2.27. The fourth-order valence-electron chi connectivity index (χ4n) is 2.81. The van der Waals surface area contributed by atoms with Crippen molar-refractivity contribution < 1.29 is 18.5 Å². The molecule has 2 aromatic rings. The number of para-hydroxylation sites is 1. The third kappa shape index (κ3) is 4.39. The average Bonchev–Trinajstić information content (AvgIpc) is 3.06. The summed E-state index contributed by atoms with van der Waals surface area (Å²) in [5.74, 6) is 1.71. The van der Waals surface area contributed by atoms with Crippen LogP contribution in [0.25, 0.3) is 0 Å². The standard InChI is InChI=1S/C19H21NO4S/c1-23-16-6-8-17(9-7-16)24-12-13-25(22)14-19(21)20-11-10-15-4-2-3-5-18(15)20/h2-9H,10-14H2,1H3. The minimum absolute atomic E-state index is 0.0281. The third-order valence-corrected chi connectivity index (χ3v) is 5.30. The van der Waals surface area contributed by atoms with Crippen molar-refractivity contribution in [3.05, 3.63) is 54.1 Å². The lowest BCUT2D eigenvalue weighted by molar-refractivity contribution is -0.116. The van der Waals surface area contributed by atoms with Crippen molar-refractivity contribution in [2.75, 3.05) is 36.7 Å². The number of hydrogen-bond donors (Lipinski definition) is 0. The van der Waals surface area contributed by atoms with Gasteiger partial charge in [-0.3, -0.25) is 9.00 Å². The highest BCUT2D eigenvalue weighted by atomic mass is 32.2.